The van der Waals surface area contributed by atoms with Crippen molar-refractivity contribution in [2.24, 2.45) is 0 Å². The number of rotatable bonds is 3. The Hall–Kier alpha value is -3.16. The van der Waals surface area contributed by atoms with Crippen LogP contribution in [0.1, 0.15) is 16.8 Å². The Labute approximate surface area is 160 Å². The van der Waals surface area contributed by atoms with Crippen molar-refractivity contribution in [3.8, 4) is 11.8 Å². The van der Waals surface area contributed by atoms with Crippen molar-refractivity contribution in [2.45, 2.75) is 0 Å². The summed E-state index contributed by atoms with van der Waals surface area (Å²) in [5, 5.41) is 2.84. The molecule has 0 aliphatic rings. The van der Waals surface area contributed by atoms with E-state index in [0.717, 1.165) is 15.6 Å². The van der Waals surface area contributed by atoms with Crippen molar-refractivity contribution in [3.63, 3.8) is 0 Å². The van der Waals surface area contributed by atoms with Gasteiger partial charge >= 0.3 is 0 Å². The van der Waals surface area contributed by atoms with E-state index in [1.54, 1.807) is 12.3 Å². The number of nitrogens with zero attached hydrogens (tertiary/aromatic N) is 1. The molecule has 1 aromatic heterocycles. The highest BCUT2D eigenvalue weighted by molar-refractivity contribution is 9.10. The fourth-order valence-electron chi connectivity index (χ4n) is 2.18. The first-order chi connectivity index (χ1) is 12.7. The normalized spacial score (nSPS) is 10.2. The summed E-state index contributed by atoms with van der Waals surface area (Å²) in [4.78, 5) is 16.3. The molecule has 1 amide bonds. The summed E-state index contributed by atoms with van der Waals surface area (Å²) in [6.07, 6.45) is 4.99. The van der Waals surface area contributed by atoms with Gasteiger partial charge in [-0.05, 0) is 60.0 Å². The predicted octanol–water partition coefficient (Wildman–Crippen LogP) is 4.90. The van der Waals surface area contributed by atoms with Crippen molar-refractivity contribution in [2.75, 3.05) is 5.32 Å². The summed E-state index contributed by atoms with van der Waals surface area (Å²) in [6.45, 7) is 0. The van der Waals surface area contributed by atoms with Crippen LogP contribution in [0.2, 0.25) is 0 Å². The van der Waals surface area contributed by atoms with E-state index in [1.807, 2.05) is 66.7 Å². The van der Waals surface area contributed by atoms with Crippen LogP contribution in [-0.4, -0.2) is 10.9 Å². The number of amides is 1. The molecule has 0 saturated heterocycles. The highest BCUT2D eigenvalue weighted by atomic mass is 79.9. The van der Waals surface area contributed by atoms with Gasteiger partial charge in [0.1, 0.15) is 5.69 Å². The van der Waals surface area contributed by atoms with E-state index in [0.29, 0.717) is 11.4 Å². The monoisotopic (exact) mass is 402 g/mol. The molecule has 1 N–H and O–H groups in total. The molecule has 0 unspecified atom stereocenters. The molecule has 2 aromatic carbocycles. The number of carbonyl (C=O) groups is 1. The summed E-state index contributed by atoms with van der Waals surface area (Å²) in [5.74, 6) is 5.86. The number of halogens is 1. The van der Waals surface area contributed by atoms with Gasteiger partial charge < -0.3 is 5.32 Å². The van der Waals surface area contributed by atoms with E-state index in [9.17, 15) is 4.79 Å². The molecule has 0 spiro atoms. The van der Waals surface area contributed by atoms with Gasteiger partial charge in [-0.25, -0.2) is 4.98 Å². The average Bonchev–Trinajstić information content (AvgIpc) is 2.67. The van der Waals surface area contributed by atoms with E-state index in [2.05, 4.69) is 38.1 Å². The van der Waals surface area contributed by atoms with Crippen molar-refractivity contribution < 1.29 is 4.79 Å². The highest BCUT2D eigenvalue weighted by Crippen LogP contribution is 2.13. The van der Waals surface area contributed by atoms with Crippen LogP contribution < -0.4 is 5.32 Å². The molecule has 0 aliphatic carbocycles. The Bertz CT molecular complexity index is 984. The molecule has 0 bridgehead atoms. The Morgan fingerprint density at radius 1 is 1.00 bits per heavy atom. The second kappa shape index (κ2) is 8.80. The number of pyridine rings is 1. The summed E-state index contributed by atoms with van der Waals surface area (Å²) in [6, 6.07) is 20.7. The molecule has 0 radical (unpaired) electrons. The lowest BCUT2D eigenvalue weighted by Crippen LogP contribution is -2.07. The van der Waals surface area contributed by atoms with Gasteiger partial charge in [0.25, 0.3) is 0 Å². The van der Waals surface area contributed by atoms with Crippen LogP contribution >= 0.6 is 15.9 Å². The standard InChI is InChI=1S/C22H15BrN2O/c23-19-11-7-17(8-12-19)10-14-22(26)25-21-6-3-4-18(16-21)9-13-20-5-1-2-15-24-20/h1-8,10-12,14-16H,(H,25,26)/b14-10+. The second-order valence-corrected chi connectivity index (χ2v) is 6.34. The number of hydrogen-bond donors (Lipinski definition) is 1. The van der Waals surface area contributed by atoms with Crippen LogP contribution in [0.4, 0.5) is 5.69 Å². The number of aromatic nitrogens is 1. The lowest BCUT2D eigenvalue weighted by atomic mass is 10.2. The summed E-state index contributed by atoms with van der Waals surface area (Å²) >= 11 is 3.39. The van der Waals surface area contributed by atoms with Crippen LogP contribution in [-0.2, 0) is 4.79 Å². The van der Waals surface area contributed by atoms with Crippen molar-refractivity contribution in [3.05, 3.63) is 100 Å². The maximum absolute atomic E-state index is 12.1. The Kier molecular flexibility index (Phi) is 5.97. The third-order valence-corrected chi connectivity index (χ3v) is 3.96. The average molecular weight is 403 g/mol. The smallest absolute Gasteiger partial charge is 0.248 e. The van der Waals surface area contributed by atoms with Crippen LogP contribution in [0, 0.1) is 11.8 Å². The third-order valence-electron chi connectivity index (χ3n) is 3.43. The predicted molar refractivity (Wildman–Crippen MR) is 108 cm³/mol. The van der Waals surface area contributed by atoms with Gasteiger partial charge in [0.05, 0.1) is 0 Å². The van der Waals surface area contributed by atoms with Gasteiger partial charge in [-0.15, -0.1) is 0 Å². The summed E-state index contributed by atoms with van der Waals surface area (Å²) in [5.41, 5.74) is 3.17. The number of carbonyl (C=O) groups excluding carboxylic acids is 1. The Morgan fingerprint density at radius 2 is 1.85 bits per heavy atom. The van der Waals surface area contributed by atoms with Gasteiger partial charge in [-0.3, -0.25) is 4.79 Å². The lowest BCUT2D eigenvalue weighted by molar-refractivity contribution is -0.111. The first-order valence-corrected chi connectivity index (χ1v) is 8.76. The minimum Gasteiger partial charge on any atom is -0.322 e. The van der Waals surface area contributed by atoms with E-state index in [4.69, 9.17) is 0 Å². The Balaban J connectivity index is 1.66. The van der Waals surface area contributed by atoms with Gasteiger partial charge in [0.2, 0.25) is 5.91 Å². The van der Waals surface area contributed by atoms with Gasteiger partial charge in [-0.2, -0.15) is 0 Å². The Morgan fingerprint density at radius 3 is 2.62 bits per heavy atom. The fraction of sp³-hybridized carbons (Fsp3) is 0. The van der Waals surface area contributed by atoms with Crippen LogP contribution in [0.3, 0.4) is 0 Å². The van der Waals surface area contributed by atoms with E-state index in [1.165, 1.54) is 6.08 Å². The maximum atomic E-state index is 12.1. The largest absolute Gasteiger partial charge is 0.322 e. The fourth-order valence-corrected chi connectivity index (χ4v) is 2.44. The third kappa shape index (κ3) is 5.44. The molecule has 0 saturated carbocycles. The molecule has 0 atom stereocenters. The highest BCUT2D eigenvalue weighted by Gasteiger charge is 1.99. The SMILES string of the molecule is O=C(/C=C/c1ccc(Br)cc1)Nc1cccc(C#Cc2ccccn2)c1. The second-order valence-electron chi connectivity index (χ2n) is 5.42. The molecule has 4 heteroatoms. The molecule has 3 nitrogen and oxygen atoms in total. The summed E-state index contributed by atoms with van der Waals surface area (Å²) < 4.78 is 1.00. The molecule has 126 valence electrons. The van der Waals surface area contributed by atoms with Crippen LogP contribution in [0.25, 0.3) is 6.08 Å². The zero-order valence-electron chi connectivity index (χ0n) is 13.8. The van der Waals surface area contributed by atoms with Crippen LogP contribution in [0.15, 0.2) is 83.5 Å². The summed E-state index contributed by atoms with van der Waals surface area (Å²) in [7, 11) is 0. The van der Waals surface area contributed by atoms with Gasteiger partial charge in [0.15, 0.2) is 0 Å². The van der Waals surface area contributed by atoms with Crippen molar-refractivity contribution >= 4 is 33.6 Å². The minimum absolute atomic E-state index is 0.192. The van der Waals surface area contributed by atoms with E-state index < -0.39 is 0 Å². The molecule has 3 rings (SSSR count). The minimum atomic E-state index is -0.192. The number of benzene rings is 2. The lowest BCUT2D eigenvalue weighted by Gasteiger charge is -2.02. The first kappa shape index (κ1) is 17.7. The van der Waals surface area contributed by atoms with Gasteiger partial charge in [-0.1, -0.05) is 46.1 Å². The molecule has 0 aliphatic heterocycles. The maximum Gasteiger partial charge on any atom is 0.248 e. The zero-order valence-corrected chi connectivity index (χ0v) is 15.4. The molecule has 26 heavy (non-hydrogen) atoms. The molecular formula is C22H15BrN2O. The zero-order chi connectivity index (χ0) is 18.2. The molecule has 0 fully saturated rings. The first-order valence-electron chi connectivity index (χ1n) is 7.97. The topological polar surface area (TPSA) is 42.0 Å². The molecular weight excluding hydrogens is 388 g/mol. The number of hydrogen-bond acceptors (Lipinski definition) is 2. The van der Waals surface area contributed by atoms with Crippen molar-refractivity contribution in [1.29, 1.82) is 0 Å². The number of anilines is 1. The van der Waals surface area contributed by atoms with Crippen LogP contribution in [0.5, 0.6) is 0 Å². The molecule has 3 aromatic rings. The quantitative estimate of drug-likeness (QED) is 0.500. The number of nitrogens with one attached hydrogen (secondary N) is 1. The molecule has 1 heterocycles. The van der Waals surface area contributed by atoms with Gasteiger partial charge in [0, 0.05) is 28.0 Å². The van der Waals surface area contributed by atoms with E-state index in [-0.39, 0.29) is 5.91 Å². The van der Waals surface area contributed by atoms with E-state index >= 15 is 0 Å². The van der Waals surface area contributed by atoms with Crippen molar-refractivity contribution in [1.82, 2.24) is 4.98 Å².